The molecule has 18 heteroatoms. The fraction of sp³-hybridized carbons (Fsp3) is 0.256. The maximum absolute atomic E-state index is 12.9. The van der Waals surface area contributed by atoms with Crippen molar-refractivity contribution in [1.82, 2.24) is 39.9 Å². The Bertz CT molecular complexity index is 5140. The van der Waals surface area contributed by atoms with E-state index in [-0.39, 0.29) is 49.6 Å². The van der Waals surface area contributed by atoms with Crippen LogP contribution in [-0.4, -0.2) is 102 Å². The Morgan fingerprint density at radius 3 is 1.12 bits per heavy atom. The maximum Gasteiger partial charge on any atom is 0.305 e. The number of nitrogens with zero attached hydrogens (tertiary/aromatic N) is 4. The van der Waals surface area contributed by atoms with Crippen molar-refractivity contribution in [2.24, 2.45) is 0 Å². The molecule has 0 radical (unpaired) electrons. The first-order valence-electron chi connectivity index (χ1n) is 34.7. The SMILES string of the molecule is C=Cc1c(C)c2cc3nc(cc4[nH]c(cc5nc(cc1[nH]2)[C@@](C)(O)/C5=C\C=C\c1ccccc1-c1ccccc1/C=C/C=C1/c2cc5[nH]c(cc6nc(cc7[nH]c(cc(n2)[C@@]1(C)O)c(C=C)c7C)C(C)=C6CCC(=O)OC)c(CCC(=O)OC)c5C)c(C)c4CCC(=O)OC)C(CCC(=O)OC)=C3C. The van der Waals surface area contributed by atoms with Gasteiger partial charge in [-0.1, -0.05) is 110 Å². The lowest BCUT2D eigenvalue weighted by Gasteiger charge is -2.18. The summed E-state index contributed by atoms with van der Waals surface area (Å²) in [5.41, 5.74) is 22.5. The molecule has 4 aliphatic rings. The van der Waals surface area contributed by atoms with Crippen molar-refractivity contribution in [2.45, 2.75) is 118 Å². The second-order valence-corrected chi connectivity index (χ2v) is 26.9. The summed E-state index contributed by atoms with van der Waals surface area (Å²) in [6.07, 6.45) is 17.3. The molecule has 8 aromatic rings. The van der Waals surface area contributed by atoms with Crippen LogP contribution < -0.4 is 0 Å². The third-order valence-electron chi connectivity index (χ3n) is 20.7. The Labute approximate surface area is 604 Å². The van der Waals surface area contributed by atoms with Gasteiger partial charge in [-0.3, -0.25) is 19.2 Å². The van der Waals surface area contributed by atoms with Crippen LogP contribution >= 0.6 is 0 Å². The van der Waals surface area contributed by atoms with Gasteiger partial charge in [-0.2, -0.15) is 0 Å². The molecule has 10 heterocycles. The zero-order chi connectivity index (χ0) is 74.1. The monoisotopic (exact) mass is 1390 g/mol. The fourth-order valence-corrected chi connectivity index (χ4v) is 14.4. The van der Waals surface area contributed by atoms with Gasteiger partial charge in [0, 0.05) is 92.1 Å². The number of aromatic amines is 4. The summed E-state index contributed by atoms with van der Waals surface area (Å²) >= 11 is 0. The number of allylic oxidation sites excluding steroid dienone is 8. The molecule has 0 unspecified atom stereocenters. The molecule has 530 valence electrons. The van der Waals surface area contributed by atoms with E-state index in [1.54, 1.807) is 26.0 Å². The molecule has 0 fully saturated rings. The van der Waals surface area contributed by atoms with E-state index in [1.807, 2.05) is 163 Å². The molecule has 2 aromatic carbocycles. The van der Waals surface area contributed by atoms with Crippen LogP contribution in [0.5, 0.6) is 0 Å². The molecule has 2 atom stereocenters. The van der Waals surface area contributed by atoms with E-state index in [9.17, 15) is 29.4 Å². The number of carbonyl (C=O) groups excluding carboxylic acids is 4. The van der Waals surface area contributed by atoms with Crippen molar-refractivity contribution in [3.63, 3.8) is 0 Å². The molecule has 12 rings (SSSR count). The number of fused-ring (bicyclic) bond motifs is 16. The molecule has 16 bridgehead atoms. The fourth-order valence-electron chi connectivity index (χ4n) is 14.4. The van der Waals surface area contributed by atoms with Crippen LogP contribution in [0.25, 0.3) is 113 Å². The second-order valence-electron chi connectivity index (χ2n) is 26.9. The Kier molecular flexibility index (Phi) is 20.7. The molecule has 0 saturated carbocycles. The summed E-state index contributed by atoms with van der Waals surface area (Å²) < 4.78 is 20.3. The predicted octanol–water partition coefficient (Wildman–Crippen LogP) is 17.1. The molecule has 0 amide bonds. The Morgan fingerprint density at radius 1 is 0.423 bits per heavy atom. The number of methoxy groups -OCH3 is 4. The molecule has 6 N–H and O–H groups in total. The third kappa shape index (κ3) is 14.1. The van der Waals surface area contributed by atoms with Gasteiger partial charge in [0.05, 0.1) is 74.0 Å². The van der Waals surface area contributed by atoms with Crippen molar-refractivity contribution < 1.29 is 48.3 Å². The summed E-state index contributed by atoms with van der Waals surface area (Å²) in [4.78, 5) is 86.0. The van der Waals surface area contributed by atoms with Crippen LogP contribution in [0.1, 0.15) is 167 Å². The number of H-pyrrole nitrogens is 4. The van der Waals surface area contributed by atoms with E-state index in [1.165, 1.54) is 28.4 Å². The molecular formula is C86H86N8O10. The highest BCUT2D eigenvalue weighted by Crippen LogP contribution is 2.44. The highest BCUT2D eigenvalue weighted by atomic mass is 16.5. The number of hydrogen-bond acceptors (Lipinski definition) is 14. The van der Waals surface area contributed by atoms with Gasteiger partial charge < -0.3 is 49.1 Å². The standard InChI is InChI=1S/C86H86N8O10/c1-15-55-47(3)65-39-67-49(5)57(31-35-81(95)101-11)71(87-67)43-73-59(33-37-83(97)103-13)51(7)69(89-73)41-77-63(85(9,99)79(93-77)45-75(55)91-65)29-21-25-53-23-17-19-27-61(53)62-28-20-18-24-54(62)26-22-30-64-78-42-70-52(8)60(34-38-84(98)104-14)74(90-70)44-72-58(32-36-82(96)102-12)50(6)68(88-72)40-66-48(4)56(16-2)76(92-66)46-80(94-78)86(64,10)100/h15-30,39-46,89-92,99-100H,1-2,31-38H2,3-14H3/b25-21+,26-22+,63-29-,64-30-,65-39?,66-40?,67-39?,68-40?,69-41?,70-42?,71-43?,72-44?,73-43?,74-44?,75-45?,76-46?,77-41?,78-42?,79-45?,80-46?/t85-,86-/m0/s1. The smallest absolute Gasteiger partial charge is 0.305 e. The first-order valence-corrected chi connectivity index (χ1v) is 34.7. The maximum atomic E-state index is 12.9. The number of ether oxygens (including phenoxy) is 4. The lowest BCUT2D eigenvalue weighted by molar-refractivity contribution is -0.141. The number of rotatable bonds is 19. The minimum Gasteiger partial charge on any atom is -0.469 e. The van der Waals surface area contributed by atoms with Crippen molar-refractivity contribution in [3.8, 4) is 11.1 Å². The van der Waals surface area contributed by atoms with Gasteiger partial charge in [0.2, 0.25) is 0 Å². The second kappa shape index (κ2) is 29.8. The third-order valence-corrected chi connectivity index (χ3v) is 20.7. The minimum atomic E-state index is -1.61. The van der Waals surface area contributed by atoms with Gasteiger partial charge in [0.1, 0.15) is 11.2 Å². The number of benzene rings is 2. The van der Waals surface area contributed by atoms with Crippen molar-refractivity contribution in [1.29, 1.82) is 0 Å². The Balaban J connectivity index is 0.961. The predicted molar refractivity (Wildman–Crippen MR) is 414 cm³/mol. The molecule has 6 aromatic heterocycles. The average Bonchev–Trinajstić information content (AvgIpc) is 1.60. The molecule has 4 aliphatic heterocycles. The normalized spacial score (nSPS) is 16.7. The van der Waals surface area contributed by atoms with Gasteiger partial charge in [0.15, 0.2) is 0 Å². The lowest BCUT2D eigenvalue weighted by atomic mass is 9.91. The van der Waals surface area contributed by atoms with Crippen molar-refractivity contribution in [3.05, 3.63) is 236 Å². The van der Waals surface area contributed by atoms with E-state index in [4.69, 9.17) is 38.9 Å². The van der Waals surface area contributed by atoms with Crippen LogP contribution in [0.3, 0.4) is 0 Å². The van der Waals surface area contributed by atoms with E-state index >= 15 is 0 Å². The van der Waals surface area contributed by atoms with E-state index in [2.05, 4.69) is 45.2 Å². The Hall–Kier alpha value is -11.6. The van der Waals surface area contributed by atoms with E-state index in [0.29, 0.717) is 104 Å². The highest BCUT2D eigenvalue weighted by Gasteiger charge is 2.38. The number of esters is 4. The first kappa shape index (κ1) is 72.2. The minimum absolute atomic E-state index is 0.125. The first-order chi connectivity index (χ1) is 49.9. The molecule has 0 spiro atoms. The van der Waals surface area contributed by atoms with Gasteiger partial charge >= 0.3 is 23.9 Å². The summed E-state index contributed by atoms with van der Waals surface area (Å²) in [7, 11) is 5.51. The van der Waals surface area contributed by atoms with Crippen LogP contribution in [0.4, 0.5) is 0 Å². The van der Waals surface area contributed by atoms with Crippen molar-refractivity contribution >= 4 is 126 Å². The zero-order valence-electron chi connectivity index (χ0n) is 60.9. The molecule has 18 nitrogen and oxygen atoms in total. The van der Waals surface area contributed by atoms with Crippen LogP contribution in [0.2, 0.25) is 0 Å². The molecular weight excluding hydrogens is 1300 g/mol. The topological polar surface area (TPSA) is 260 Å². The van der Waals surface area contributed by atoms with E-state index < -0.39 is 11.2 Å². The van der Waals surface area contributed by atoms with Gasteiger partial charge in [-0.05, 0) is 208 Å². The summed E-state index contributed by atoms with van der Waals surface area (Å²) in [5.74, 6) is -1.38. The number of hydrogen-bond donors (Lipinski definition) is 6. The largest absolute Gasteiger partial charge is 0.469 e. The number of aliphatic hydroxyl groups is 2. The average molecular weight is 1390 g/mol. The summed E-state index contributed by atoms with van der Waals surface area (Å²) in [6, 6.07) is 31.7. The van der Waals surface area contributed by atoms with Crippen molar-refractivity contribution in [2.75, 3.05) is 28.4 Å². The number of carbonyl (C=O) groups is 4. The number of aryl methyl sites for hydroxylation is 6. The zero-order valence-corrected chi connectivity index (χ0v) is 60.9. The number of aromatic nitrogens is 8. The molecule has 0 aliphatic carbocycles. The Morgan fingerprint density at radius 2 is 0.750 bits per heavy atom. The van der Waals surface area contributed by atoms with Gasteiger partial charge in [-0.25, -0.2) is 19.9 Å². The van der Waals surface area contributed by atoms with Crippen LogP contribution in [-0.2, 0) is 62.2 Å². The molecule has 0 saturated heterocycles. The van der Waals surface area contributed by atoms with Gasteiger partial charge in [-0.15, -0.1) is 0 Å². The quantitative estimate of drug-likeness (QED) is 0.0325. The summed E-state index contributed by atoms with van der Waals surface area (Å²) in [5, 5.41) is 25.9. The lowest BCUT2D eigenvalue weighted by Crippen LogP contribution is -2.18. The number of nitrogens with one attached hydrogen (secondary N) is 4. The summed E-state index contributed by atoms with van der Waals surface area (Å²) in [6.45, 7) is 23.9. The van der Waals surface area contributed by atoms with Crippen LogP contribution in [0.15, 0.2) is 135 Å². The van der Waals surface area contributed by atoms with E-state index in [0.717, 1.165) is 111 Å². The molecule has 104 heavy (non-hydrogen) atoms. The highest BCUT2D eigenvalue weighted by molar-refractivity contribution is 5.97. The van der Waals surface area contributed by atoms with Crippen LogP contribution in [0, 0.1) is 27.7 Å². The van der Waals surface area contributed by atoms with Gasteiger partial charge in [0.25, 0.3) is 0 Å².